The van der Waals surface area contributed by atoms with Crippen molar-refractivity contribution in [1.29, 1.82) is 0 Å². The first-order valence-corrected chi connectivity index (χ1v) is 9.05. The lowest BCUT2D eigenvalue weighted by atomic mass is 10.2. The van der Waals surface area contributed by atoms with Crippen LogP contribution in [0.5, 0.6) is 0 Å². The second-order valence-electron chi connectivity index (χ2n) is 6.04. The van der Waals surface area contributed by atoms with Gasteiger partial charge in [-0.25, -0.2) is 14.1 Å². The lowest BCUT2D eigenvalue weighted by Crippen LogP contribution is -2.31. The number of rotatable bonds is 3. The fraction of sp³-hybridized carbons (Fsp3) is 0.278. The summed E-state index contributed by atoms with van der Waals surface area (Å²) in [6.45, 7) is 2.50. The summed E-state index contributed by atoms with van der Waals surface area (Å²) in [5.41, 5.74) is 0.682. The summed E-state index contributed by atoms with van der Waals surface area (Å²) in [6.07, 6.45) is 1.94. The molecule has 1 unspecified atom stereocenters. The highest BCUT2D eigenvalue weighted by atomic mass is 32.1. The van der Waals surface area contributed by atoms with Crippen LogP contribution in [0, 0.1) is 12.7 Å². The average Bonchev–Trinajstić information content (AvgIpc) is 3.35. The Balaban J connectivity index is 1.62. The molecule has 7 heteroatoms. The van der Waals surface area contributed by atoms with Crippen LogP contribution in [0.2, 0.25) is 0 Å². The van der Waals surface area contributed by atoms with Gasteiger partial charge in [0.1, 0.15) is 11.6 Å². The van der Waals surface area contributed by atoms with Gasteiger partial charge in [0.15, 0.2) is 0 Å². The number of amides is 1. The molecule has 2 aromatic heterocycles. The van der Waals surface area contributed by atoms with E-state index in [2.05, 4.69) is 16.1 Å². The molecule has 1 fully saturated rings. The summed E-state index contributed by atoms with van der Waals surface area (Å²) < 4.78 is 14.7. The van der Waals surface area contributed by atoms with Crippen molar-refractivity contribution in [3.8, 4) is 5.69 Å². The van der Waals surface area contributed by atoms with Gasteiger partial charge in [-0.3, -0.25) is 4.79 Å². The van der Waals surface area contributed by atoms with Crippen molar-refractivity contribution in [2.45, 2.75) is 25.8 Å². The molecular weight excluding hydrogens is 339 g/mol. The number of hydrogen-bond acceptors (Lipinski definition) is 4. The van der Waals surface area contributed by atoms with Crippen LogP contribution in [-0.2, 0) is 0 Å². The molecule has 1 aromatic carbocycles. The van der Waals surface area contributed by atoms with E-state index in [0.717, 1.165) is 12.8 Å². The Hall–Kier alpha value is -2.54. The summed E-state index contributed by atoms with van der Waals surface area (Å²) in [7, 11) is 0. The number of thiophene rings is 1. The molecule has 5 nitrogen and oxygen atoms in total. The maximum atomic E-state index is 13.1. The van der Waals surface area contributed by atoms with Crippen molar-refractivity contribution in [2.75, 3.05) is 6.54 Å². The zero-order valence-corrected chi connectivity index (χ0v) is 14.5. The predicted octanol–water partition coefficient (Wildman–Crippen LogP) is 3.75. The number of halogens is 1. The molecule has 0 saturated carbocycles. The molecule has 0 radical (unpaired) electrons. The SMILES string of the molecule is Cc1nc(C(=O)N2CCCC2c2cccs2)nn1-c1ccc(F)cc1. The maximum Gasteiger partial charge on any atom is 0.294 e. The summed E-state index contributed by atoms with van der Waals surface area (Å²) in [5, 5.41) is 6.40. The van der Waals surface area contributed by atoms with Gasteiger partial charge in [-0.05, 0) is 55.5 Å². The monoisotopic (exact) mass is 356 g/mol. The Labute approximate surface area is 148 Å². The van der Waals surface area contributed by atoms with Crippen LogP contribution < -0.4 is 0 Å². The third-order valence-electron chi connectivity index (χ3n) is 4.42. The fourth-order valence-electron chi connectivity index (χ4n) is 3.22. The Kier molecular flexibility index (Phi) is 4.09. The van der Waals surface area contributed by atoms with Crippen LogP contribution in [0.4, 0.5) is 4.39 Å². The molecule has 1 aliphatic heterocycles. The molecular formula is C18H17FN4OS. The van der Waals surface area contributed by atoms with Gasteiger partial charge in [-0.1, -0.05) is 6.07 Å². The van der Waals surface area contributed by atoms with Gasteiger partial charge in [0.05, 0.1) is 11.7 Å². The molecule has 1 atom stereocenters. The number of hydrogen-bond donors (Lipinski definition) is 0. The number of aryl methyl sites for hydroxylation is 1. The van der Waals surface area contributed by atoms with Gasteiger partial charge in [0, 0.05) is 11.4 Å². The summed E-state index contributed by atoms with van der Waals surface area (Å²) >= 11 is 1.67. The second-order valence-corrected chi connectivity index (χ2v) is 7.02. The zero-order chi connectivity index (χ0) is 17.4. The van der Waals surface area contributed by atoms with E-state index in [1.54, 1.807) is 35.1 Å². The zero-order valence-electron chi connectivity index (χ0n) is 13.7. The highest BCUT2D eigenvalue weighted by Crippen LogP contribution is 2.35. The van der Waals surface area contributed by atoms with E-state index in [4.69, 9.17) is 0 Å². The van der Waals surface area contributed by atoms with Crippen molar-refractivity contribution < 1.29 is 9.18 Å². The number of nitrogens with zero attached hydrogens (tertiary/aromatic N) is 4. The van der Waals surface area contributed by atoms with Crippen LogP contribution in [0.3, 0.4) is 0 Å². The Bertz CT molecular complexity index is 888. The topological polar surface area (TPSA) is 51.0 Å². The van der Waals surface area contributed by atoms with Crippen molar-refractivity contribution in [1.82, 2.24) is 19.7 Å². The van der Waals surface area contributed by atoms with E-state index in [9.17, 15) is 9.18 Å². The molecule has 3 heterocycles. The molecule has 128 valence electrons. The lowest BCUT2D eigenvalue weighted by molar-refractivity contribution is 0.0725. The molecule has 4 rings (SSSR count). The van der Waals surface area contributed by atoms with Crippen LogP contribution in [0.1, 0.15) is 40.2 Å². The number of benzene rings is 1. The van der Waals surface area contributed by atoms with Crippen molar-refractivity contribution >= 4 is 17.2 Å². The van der Waals surface area contributed by atoms with Crippen LogP contribution in [0.25, 0.3) is 5.69 Å². The molecule has 0 spiro atoms. The quantitative estimate of drug-likeness (QED) is 0.718. The Morgan fingerprint density at radius 2 is 2.08 bits per heavy atom. The van der Waals surface area contributed by atoms with Gasteiger partial charge in [-0.15, -0.1) is 16.4 Å². The first-order chi connectivity index (χ1) is 12.1. The third-order valence-corrected chi connectivity index (χ3v) is 5.39. The van der Waals surface area contributed by atoms with Gasteiger partial charge in [0.2, 0.25) is 5.82 Å². The number of carbonyl (C=O) groups is 1. The first-order valence-electron chi connectivity index (χ1n) is 8.17. The maximum absolute atomic E-state index is 13.1. The minimum atomic E-state index is -0.311. The van der Waals surface area contributed by atoms with E-state index in [1.807, 2.05) is 16.3 Å². The lowest BCUT2D eigenvalue weighted by Gasteiger charge is -2.22. The minimum absolute atomic E-state index is 0.102. The summed E-state index contributed by atoms with van der Waals surface area (Å²) in [4.78, 5) is 20.3. The van der Waals surface area contributed by atoms with Gasteiger partial charge < -0.3 is 4.90 Å². The molecule has 1 aliphatic rings. The normalized spacial score (nSPS) is 17.2. The number of carbonyl (C=O) groups excluding carboxylic acids is 1. The largest absolute Gasteiger partial charge is 0.328 e. The van der Waals surface area contributed by atoms with Gasteiger partial charge >= 0.3 is 0 Å². The third kappa shape index (κ3) is 2.95. The van der Waals surface area contributed by atoms with Crippen LogP contribution >= 0.6 is 11.3 Å². The number of aromatic nitrogens is 3. The Morgan fingerprint density at radius 1 is 1.28 bits per heavy atom. The average molecular weight is 356 g/mol. The molecule has 0 bridgehead atoms. The van der Waals surface area contributed by atoms with Crippen LogP contribution in [-0.4, -0.2) is 32.1 Å². The van der Waals surface area contributed by atoms with E-state index in [1.165, 1.54) is 17.0 Å². The van der Waals surface area contributed by atoms with Crippen LogP contribution in [0.15, 0.2) is 41.8 Å². The summed E-state index contributed by atoms with van der Waals surface area (Å²) in [6, 6.07) is 10.1. The van der Waals surface area contributed by atoms with Gasteiger partial charge in [-0.2, -0.15) is 0 Å². The number of likely N-dealkylation sites (tertiary alicyclic amines) is 1. The predicted molar refractivity (Wildman–Crippen MR) is 93.4 cm³/mol. The molecule has 3 aromatic rings. The van der Waals surface area contributed by atoms with E-state index in [-0.39, 0.29) is 23.6 Å². The van der Waals surface area contributed by atoms with Crippen molar-refractivity contribution in [3.63, 3.8) is 0 Å². The molecule has 0 N–H and O–H groups in total. The first kappa shape index (κ1) is 16.0. The van der Waals surface area contributed by atoms with Crippen molar-refractivity contribution in [2.24, 2.45) is 0 Å². The standard InChI is InChI=1S/C18H17FN4OS/c1-12-20-17(21-23(12)14-8-6-13(19)7-9-14)18(24)22-10-2-4-15(22)16-5-3-11-25-16/h3,5-9,11,15H,2,4,10H2,1H3. The molecule has 0 aliphatic carbocycles. The van der Waals surface area contributed by atoms with Crippen molar-refractivity contribution in [3.05, 3.63) is 64.1 Å². The molecule has 1 amide bonds. The Morgan fingerprint density at radius 3 is 2.80 bits per heavy atom. The van der Waals surface area contributed by atoms with E-state index < -0.39 is 0 Å². The van der Waals surface area contributed by atoms with Gasteiger partial charge in [0.25, 0.3) is 5.91 Å². The smallest absolute Gasteiger partial charge is 0.294 e. The second kappa shape index (κ2) is 6.40. The van der Waals surface area contributed by atoms with E-state index >= 15 is 0 Å². The minimum Gasteiger partial charge on any atom is -0.328 e. The fourth-order valence-corrected chi connectivity index (χ4v) is 4.10. The molecule has 25 heavy (non-hydrogen) atoms. The summed E-state index contributed by atoms with van der Waals surface area (Å²) in [5.74, 6) is 0.320. The highest BCUT2D eigenvalue weighted by molar-refractivity contribution is 7.10. The highest BCUT2D eigenvalue weighted by Gasteiger charge is 2.33. The van der Waals surface area contributed by atoms with E-state index in [0.29, 0.717) is 18.1 Å². The molecule has 1 saturated heterocycles.